The molecule has 0 saturated carbocycles. The number of benzene rings is 2. The molecular formula is C18H23N3O2. The van der Waals surface area contributed by atoms with E-state index >= 15 is 0 Å². The third-order valence-electron chi connectivity index (χ3n) is 3.71. The van der Waals surface area contributed by atoms with E-state index in [-0.39, 0.29) is 11.9 Å². The summed E-state index contributed by atoms with van der Waals surface area (Å²) in [5.74, 6) is 0.670. The summed E-state index contributed by atoms with van der Waals surface area (Å²) >= 11 is 0. The van der Waals surface area contributed by atoms with Crippen molar-refractivity contribution < 1.29 is 9.53 Å². The van der Waals surface area contributed by atoms with Crippen LogP contribution in [0.3, 0.4) is 0 Å². The van der Waals surface area contributed by atoms with Crippen LogP contribution < -0.4 is 15.8 Å². The molecule has 0 fully saturated rings. The molecule has 2 aromatic carbocycles. The van der Waals surface area contributed by atoms with E-state index in [2.05, 4.69) is 10.2 Å². The fourth-order valence-corrected chi connectivity index (χ4v) is 2.42. The van der Waals surface area contributed by atoms with Crippen LogP contribution in [-0.2, 0) is 0 Å². The molecule has 1 amide bonds. The number of hydrogen-bond donors (Lipinski definition) is 2. The molecule has 23 heavy (non-hydrogen) atoms. The van der Waals surface area contributed by atoms with Gasteiger partial charge in [0.25, 0.3) is 5.91 Å². The van der Waals surface area contributed by atoms with E-state index in [0.717, 1.165) is 11.3 Å². The van der Waals surface area contributed by atoms with E-state index < -0.39 is 0 Å². The van der Waals surface area contributed by atoms with Crippen LogP contribution in [0.1, 0.15) is 22.0 Å². The monoisotopic (exact) mass is 313 g/mol. The Bertz CT molecular complexity index is 671. The van der Waals surface area contributed by atoms with Gasteiger partial charge in [0.05, 0.1) is 13.2 Å². The highest BCUT2D eigenvalue weighted by Crippen LogP contribution is 2.22. The SMILES string of the molecule is COc1cccc(C(CNC(=O)c2cccc(N)c2)N(C)C)c1. The molecule has 1 unspecified atom stereocenters. The Hall–Kier alpha value is -2.53. The fourth-order valence-electron chi connectivity index (χ4n) is 2.42. The summed E-state index contributed by atoms with van der Waals surface area (Å²) in [7, 11) is 5.61. The predicted molar refractivity (Wildman–Crippen MR) is 92.6 cm³/mol. The van der Waals surface area contributed by atoms with E-state index in [9.17, 15) is 4.79 Å². The number of ether oxygens (including phenoxy) is 1. The van der Waals surface area contributed by atoms with Gasteiger partial charge < -0.3 is 20.7 Å². The number of likely N-dealkylation sites (N-methyl/N-ethyl adjacent to an activating group) is 1. The van der Waals surface area contributed by atoms with Crippen LogP contribution in [0.15, 0.2) is 48.5 Å². The molecule has 122 valence electrons. The van der Waals surface area contributed by atoms with Gasteiger partial charge in [-0.15, -0.1) is 0 Å². The standard InChI is InChI=1S/C18H23N3O2/c1-21(2)17(13-6-5-9-16(11-13)23-3)12-20-18(22)14-7-4-8-15(19)10-14/h4-11,17H,12,19H2,1-3H3,(H,20,22). The average molecular weight is 313 g/mol. The van der Waals surface area contributed by atoms with Gasteiger partial charge in [-0.25, -0.2) is 0 Å². The third kappa shape index (κ3) is 4.47. The lowest BCUT2D eigenvalue weighted by Gasteiger charge is -2.25. The highest BCUT2D eigenvalue weighted by atomic mass is 16.5. The minimum atomic E-state index is -0.132. The number of rotatable bonds is 6. The van der Waals surface area contributed by atoms with Crippen molar-refractivity contribution in [1.82, 2.24) is 10.2 Å². The zero-order chi connectivity index (χ0) is 16.8. The molecule has 0 bridgehead atoms. The summed E-state index contributed by atoms with van der Waals surface area (Å²) in [6, 6.07) is 14.9. The van der Waals surface area contributed by atoms with Crippen LogP contribution in [0.25, 0.3) is 0 Å². The minimum Gasteiger partial charge on any atom is -0.497 e. The Kier molecular flexibility index (Phi) is 5.60. The van der Waals surface area contributed by atoms with Crippen LogP contribution in [0.5, 0.6) is 5.75 Å². The van der Waals surface area contributed by atoms with Crippen LogP contribution in [0, 0.1) is 0 Å². The zero-order valence-electron chi connectivity index (χ0n) is 13.7. The Morgan fingerprint density at radius 3 is 2.61 bits per heavy atom. The highest BCUT2D eigenvalue weighted by molar-refractivity contribution is 5.95. The molecule has 0 heterocycles. The average Bonchev–Trinajstić information content (AvgIpc) is 2.54. The number of nitrogen functional groups attached to an aromatic ring is 1. The summed E-state index contributed by atoms with van der Waals surface area (Å²) < 4.78 is 5.27. The van der Waals surface area contributed by atoms with Crippen LogP contribution in [0.4, 0.5) is 5.69 Å². The zero-order valence-corrected chi connectivity index (χ0v) is 13.7. The summed E-state index contributed by atoms with van der Waals surface area (Å²) in [5.41, 5.74) is 7.95. The first-order valence-corrected chi connectivity index (χ1v) is 7.45. The molecule has 0 aliphatic heterocycles. The maximum atomic E-state index is 12.3. The van der Waals surface area contributed by atoms with Crippen molar-refractivity contribution in [3.05, 3.63) is 59.7 Å². The van der Waals surface area contributed by atoms with Gasteiger partial charge >= 0.3 is 0 Å². The van der Waals surface area contributed by atoms with Crippen LogP contribution in [0.2, 0.25) is 0 Å². The summed E-state index contributed by atoms with van der Waals surface area (Å²) in [4.78, 5) is 14.3. The number of nitrogens with two attached hydrogens (primary N) is 1. The van der Waals surface area contributed by atoms with E-state index in [4.69, 9.17) is 10.5 Å². The van der Waals surface area contributed by atoms with Gasteiger partial charge in [-0.05, 0) is 50.0 Å². The number of amides is 1. The summed E-state index contributed by atoms with van der Waals surface area (Å²) in [6.07, 6.45) is 0. The second-order valence-corrected chi connectivity index (χ2v) is 5.59. The fraction of sp³-hybridized carbons (Fsp3) is 0.278. The normalized spacial score (nSPS) is 12.0. The van der Waals surface area contributed by atoms with Crippen LogP contribution >= 0.6 is 0 Å². The molecule has 0 aliphatic rings. The van der Waals surface area contributed by atoms with Gasteiger partial charge in [-0.1, -0.05) is 18.2 Å². The summed E-state index contributed by atoms with van der Waals surface area (Å²) in [5, 5.41) is 2.97. The van der Waals surface area contributed by atoms with Gasteiger partial charge in [0.2, 0.25) is 0 Å². The molecule has 2 rings (SSSR count). The van der Waals surface area contributed by atoms with Crippen molar-refractivity contribution in [2.75, 3.05) is 33.5 Å². The maximum absolute atomic E-state index is 12.3. The van der Waals surface area contributed by atoms with Gasteiger partial charge in [-0.2, -0.15) is 0 Å². The Balaban J connectivity index is 2.09. The Morgan fingerprint density at radius 2 is 1.96 bits per heavy atom. The first-order chi connectivity index (χ1) is 11.0. The Labute approximate surface area is 137 Å². The number of anilines is 1. The van der Waals surface area contributed by atoms with Crippen molar-refractivity contribution in [1.29, 1.82) is 0 Å². The summed E-state index contributed by atoms with van der Waals surface area (Å²) in [6.45, 7) is 0.494. The van der Waals surface area contributed by atoms with Crippen molar-refractivity contribution in [2.24, 2.45) is 0 Å². The first-order valence-electron chi connectivity index (χ1n) is 7.45. The third-order valence-corrected chi connectivity index (χ3v) is 3.71. The molecule has 3 N–H and O–H groups in total. The van der Waals surface area contributed by atoms with Crippen molar-refractivity contribution in [2.45, 2.75) is 6.04 Å². The lowest BCUT2D eigenvalue weighted by molar-refractivity contribution is 0.0942. The molecular weight excluding hydrogens is 290 g/mol. The molecule has 0 aromatic heterocycles. The first kappa shape index (κ1) is 16.8. The lowest BCUT2D eigenvalue weighted by atomic mass is 10.1. The maximum Gasteiger partial charge on any atom is 0.251 e. The molecule has 0 radical (unpaired) electrons. The second-order valence-electron chi connectivity index (χ2n) is 5.59. The molecule has 0 aliphatic carbocycles. The van der Waals surface area contributed by atoms with E-state index in [0.29, 0.717) is 17.8 Å². The topological polar surface area (TPSA) is 67.6 Å². The van der Waals surface area contributed by atoms with Crippen molar-refractivity contribution >= 4 is 11.6 Å². The molecule has 5 nitrogen and oxygen atoms in total. The van der Waals surface area contributed by atoms with E-state index in [1.807, 2.05) is 38.4 Å². The van der Waals surface area contributed by atoms with Gasteiger partial charge in [0, 0.05) is 17.8 Å². The molecule has 5 heteroatoms. The van der Waals surface area contributed by atoms with Crippen molar-refractivity contribution in [3.8, 4) is 5.75 Å². The van der Waals surface area contributed by atoms with Crippen molar-refractivity contribution in [3.63, 3.8) is 0 Å². The van der Waals surface area contributed by atoms with E-state index in [1.165, 1.54) is 0 Å². The number of methoxy groups -OCH3 is 1. The van der Waals surface area contributed by atoms with Crippen LogP contribution in [-0.4, -0.2) is 38.6 Å². The van der Waals surface area contributed by atoms with Gasteiger partial charge in [0.15, 0.2) is 0 Å². The highest BCUT2D eigenvalue weighted by Gasteiger charge is 2.16. The molecule has 0 saturated heterocycles. The minimum absolute atomic E-state index is 0.0510. The second kappa shape index (κ2) is 7.65. The van der Waals surface area contributed by atoms with Gasteiger partial charge in [-0.3, -0.25) is 4.79 Å². The predicted octanol–water partition coefficient (Wildman–Crippen LogP) is 2.31. The Morgan fingerprint density at radius 1 is 1.22 bits per heavy atom. The largest absolute Gasteiger partial charge is 0.497 e. The van der Waals surface area contributed by atoms with E-state index in [1.54, 1.807) is 31.4 Å². The molecule has 1 atom stereocenters. The number of nitrogens with one attached hydrogen (secondary N) is 1. The molecule has 2 aromatic rings. The number of nitrogens with zero attached hydrogens (tertiary/aromatic N) is 1. The number of hydrogen-bond acceptors (Lipinski definition) is 4. The number of carbonyl (C=O) groups excluding carboxylic acids is 1. The smallest absolute Gasteiger partial charge is 0.251 e. The molecule has 0 spiro atoms. The lowest BCUT2D eigenvalue weighted by Crippen LogP contribution is -2.34. The van der Waals surface area contributed by atoms with Gasteiger partial charge in [0.1, 0.15) is 5.75 Å². The number of carbonyl (C=O) groups is 1. The quantitative estimate of drug-likeness (QED) is 0.803.